The van der Waals surface area contributed by atoms with E-state index in [2.05, 4.69) is 23.6 Å². The number of thiophene rings is 1. The molecule has 0 bridgehead atoms. The largest absolute Gasteiger partial charge is 0.508 e. The number of hydrogen-bond donors (Lipinski definition) is 6. The number of amides is 2. The van der Waals surface area contributed by atoms with Gasteiger partial charge >= 0.3 is 6.03 Å². The van der Waals surface area contributed by atoms with Crippen LogP contribution in [0.25, 0.3) is 0 Å². The number of urea groups is 1. The molecule has 1 aromatic heterocycles. The van der Waals surface area contributed by atoms with Crippen molar-refractivity contribution in [1.82, 2.24) is 10.6 Å². The molecule has 0 saturated heterocycles. The maximum absolute atomic E-state index is 10.9. The zero-order valence-electron chi connectivity index (χ0n) is 20.7. The van der Waals surface area contributed by atoms with Crippen molar-refractivity contribution in [3.05, 3.63) is 50.7 Å². The van der Waals surface area contributed by atoms with E-state index in [1.54, 1.807) is 23.5 Å². The molecule has 0 aliphatic heterocycles. The summed E-state index contributed by atoms with van der Waals surface area (Å²) in [6, 6.07) is 6.50. The highest BCUT2D eigenvalue weighted by atomic mass is 32.1. The zero-order valence-corrected chi connectivity index (χ0v) is 21.5. The van der Waals surface area contributed by atoms with Crippen molar-refractivity contribution in [2.24, 2.45) is 5.73 Å². The number of unbranched alkanes of at least 4 members (excludes halogenated alkanes) is 4. The van der Waals surface area contributed by atoms with Crippen LogP contribution in [0, 0.1) is 6.92 Å². The van der Waals surface area contributed by atoms with Gasteiger partial charge in [-0.1, -0.05) is 18.9 Å². The molecule has 0 unspecified atom stereocenters. The Morgan fingerprint density at radius 1 is 1.09 bits per heavy atom. The van der Waals surface area contributed by atoms with Gasteiger partial charge in [-0.05, 0) is 74.9 Å². The van der Waals surface area contributed by atoms with Crippen molar-refractivity contribution < 1.29 is 24.9 Å². The Bertz CT molecular complexity index is 890. The van der Waals surface area contributed by atoms with E-state index in [0.717, 1.165) is 64.7 Å². The monoisotopic (exact) mass is 507 g/mol. The second kappa shape index (κ2) is 16.5. The van der Waals surface area contributed by atoms with Gasteiger partial charge in [-0.3, -0.25) is 0 Å². The molecule has 1 atom stereocenters. The highest BCUT2D eigenvalue weighted by Crippen LogP contribution is 2.24. The number of primary amides is 1. The van der Waals surface area contributed by atoms with Crippen molar-refractivity contribution in [3.8, 4) is 5.75 Å². The van der Waals surface area contributed by atoms with Crippen LogP contribution < -0.4 is 16.4 Å². The summed E-state index contributed by atoms with van der Waals surface area (Å²) >= 11 is 1.71. The van der Waals surface area contributed by atoms with Gasteiger partial charge in [0.1, 0.15) is 5.75 Å². The summed E-state index contributed by atoms with van der Waals surface area (Å²) in [6.45, 7) is 5.15. The minimum atomic E-state index is -0.670. The molecule has 196 valence electrons. The fourth-order valence-corrected chi connectivity index (χ4v) is 4.90. The molecule has 2 amide bonds. The highest BCUT2D eigenvalue weighted by molar-refractivity contribution is 7.12. The minimum Gasteiger partial charge on any atom is -0.508 e. The number of carbonyl (C=O) groups is 1. The van der Waals surface area contributed by atoms with Gasteiger partial charge in [-0.25, -0.2) is 4.79 Å². The molecule has 1 aromatic carbocycles. The van der Waals surface area contributed by atoms with Crippen LogP contribution in [0.2, 0.25) is 0 Å². The van der Waals surface area contributed by atoms with Crippen molar-refractivity contribution in [3.63, 3.8) is 0 Å². The SMILES string of the molecule is Cc1cc(CCCCOCCCCCCNC[C@H](O)c2ccc(O)c(CO)c2)c(CNC(N)=O)s1. The number of nitrogens with two attached hydrogens (primary N) is 1. The molecule has 1 heterocycles. The molecule has 8 nitrogen and oxygen atoms in total. The highest BCUT2D eigenvalue weighted by Gasteiger charge is 2.10. The Morgan fingerprint density at radius 2 is 1.83 bits per heavy atom. The van der Waals surface area contributed by atoms with Crippen molar-refractivity contribution in [2.45, 2.75) is 71.1 Å². The molecule has 35 heavy (non-hydrogen) atoms. The fourth-order valence-electron chi connectivity index (χ4n) is 3.87. The van der Waals surface area contributed by atoms with Crippen LogP contribution in [0.4, 0.5) is 4.79 Å². The Hall–Kier alpha value is -2.17. The smallest absolute Gasteiger partial charge is 0.312 e. The fraction of sp³-hybridized carbons (Fsp3) is 0.577. The molecule has 2 aromatic rings. The Labute approximate surface area is 212 Å². The normalized spacial score (nSPS) is 12.1. The van der Waals surface area contributed by atoms with E-state index < -0.39 is 12.1 Å². The molecule has 0 aliphatic carbocycles. The lowest BCUT2D eigenvalue weighted by molar-refractivity contribution is 0.126. The lowest BCUT2D eigenvalue weighted by atomic mass is 10.1. The van der Waals surface area contributed by atoms with E-state index in [9.17, 15) is 20.1 Å². The molecule has 0 fully saturated rings. The Morgan fingerprint density at radius 3 is 2.57 bits per heavy atom. The van der Waals surface area contributed by atoms with Gasteiger partial charge < -0.3 is 36.4 Å². The third kappa shape index (κ3) is 11.4. The summed E-state index contributed by atoms with van der Waals surface area (Å²) < 4.78 is 5.77. The topological polar surface area (TPSA) is 137 Å². The number of carbonyl (C=O) groups excluding carboxylic acids is 1. The van der Waals surface area contributed by atoms with Crippen molar-refractivity contribution in [2.75, 3.05) is 26.3 Å². The van der Waals surface area contributed by atoms with Gasteiger partial charge in [0, 0.05) is 35.1 Å². The number of aliphatic hydroxyl groups is 2. The lowest BCUT2D eigenvalue weighted by Crippen LogP contribution is -2.28. The summed E-state index contributed by atoms with van der Waals surface area (Å²) in [5.74, 6) is 0.0406. The van der Waals surface area contributed by atoms with E-state index in [-0.39, 0.29) is 12.4 Å². The summed E-state index contributed by atoms with van der Waals surface area (Å²) in [5.41, 5.74) is 7.57. The maximum Gasteiger partial charge on any atom is 0.312 e. The number of hydrogen-bond acceptors (Lipinski definition) is 7. The molecule has 0 aliphatic rings. The first-order valence-electron chi connectivity index (χ1n) is 12.4. The third-order valence-corrected chi connectivity index (χ3v) is 6.91. The number of phenols is 1. The quantitative estimate of drug-likeness (QED) is 0.170. The van der Waals surface area contributed by atoms with Gasteiger partial charge in [0.25, 0.3) is 0 Å². The van der Waals surface area contributed by atoms with Crippen LogP contribution in [0.5, 0.6) is 5.75 Å². The molecule has 2 rings (SSSR count). The van der Waals surface area contributed by atoms with E-state index >= 15 is 0 Å². The van der Waals surface area contributed by atoms with Gasteiger partial charge in [-0.2, -0.15) is 0 Å². The van der Waals surface area contributed by atoms with Gasteiger partial charge in [0.15, 0.2) is 0 Å². The molecule has 7 N–H and O–H groups in total. The molecule has 0 spiro atoms. The first kappa shape index (κ1) is 29.1. The van der Waals surface area contributed by atoms with E-state index in [0.29, 0.717) is 24.2 Å². The maximum atomic E-state index is 10.9. The van der Waals surface area contributed by atoms with E-state index in [1.807, 2.05) is 0 Å². The number of aliphatic hydroxyl groups excluding tert-OH is 2. The Kier molecular flexibility index (Phi) is 13.7. The van der Waals surface area contributed by atoms with Gasteiger partial charge in [0.2, 0.25) is 0 Å². The van der Waals surface area contributed by atoms with Crippen LogP contribution in [-0.2, 0) is 24.3 Å². The molecular weight excluding hydrogens is 466 g/mol. The van der Waals surface area contributed by atoms with Crippen LogP contribution in [0.1, 0.15) is 71.1 Å². The summed E-state index contributed by atoms with van der Waals surface area (Å²) in [6.07, 6.45) is 6.71. The molecule has 0 saturated carbocycles. The number of benzene rings is 1. The predicted octanol–water partition coefficient (Wildman–Crippen LogP) is 3.65. The van der Waals surface area contributed by atoms with Gasteiger partial charge in [-0.15, -0.1) is 11.3 Å². The molecule has 0 radical (unpaired) electrons. The van der Waals surface area contributed by atoms with Crippen molar-refractivity contribution in [1.29, 1.82) is 0 Å². The average Bonchev–Trinajstić information content (AvgIpc) is 3.19. The predicted molar refractivity (Wildman–Crippen MR) is 140 cm³/mol. The van der Waals surface area contributed by atoms with Crippen LogP contribution in [-0.4, -0.2) is 47.7 Å². The zero-order chi connectivity index (χ0) is 25.5. The second-order valence-corrected chi connectivity index (χ2v) is 10.1. The molecule has 9 heteroatoms. The number of nitrogens with one attached hydrogen (secondary N) is 2. The van der Waals surface area contributed by atoms with Gasteiger partial charge in [0.05, 0.1) is 19.3 Å². The second-order valence-electron chi connectivity index (χ2n) is 8.77. The van der Waals surface area contributed by atoms with E-state index in [4.69, 9.17) is 10.5 Å². The summed E-state index contributed by atoms with van der Waals surface area (Å²) in [7, 11) is 0. The summed E-state index contributed by atoms with van der Waals surface area (Å²) in [5, 5.41) is 35.0. The lowest BCUT2D eigenvalue weighted by Gasteiger charge is -2.14. The van der Waals surface area contributed by atoms with Crippen LogP contribution in [0.15, 0.2) is 24.3 Å². The van der Waals surface area contributed by atoms with Crippen LogP contribution in [0.3, 0.4) is 0 Å². The number of ether oxygens (including phenoxy) is 1. The third-order valence-electron chi connectivity index (χ3n) is 5.82. The minimum absolute atomic E-state index is 0.0406. The molecular formula is C26H41N3O5S. The van der Waals surface area contributed by atoms with E-state index in [1.165, 1.54) is 21.4 Å². The first-order valence-corrected chi connectivity index (χ1v) is 13.2. The first-order chi connectivity index (χ1) is 16.9. The number of aryl methyl sites for hydroxylation is 2. The van der Waals surface area contributed by atoms with Crippen LogP contribution >= 0.6 is 11.3 Å². The van der Waals surface area contributed by atoms with Crippen molar-refractivity contribution >= 4 is 17.4 Å². The summed E-state index contributed by atoms with van der Waals surface area (Å²) in [4.78, 5) is 13.4. The number of rotatable bonds is 18. The number of aromatic hydroxyl groups is 1. The standard InChI is InChI=1S/C26H41N3O5S/c1-19-14-21(25(35-19)17-29-26(27)33)8-4-7-13-34-12-6-3-2-5-11-28-16-24(32)20-9-10-23(31)22(15-20)18-30/h9-10,14-15,24,28,30-32H,2-8,11-13,16-18H2,1H3,(H3,27,29,33)/t24-/m0/s1. The average molecular weight is 508 g/mol. The Balaban J connectivity index is 1.43.